The van der Waals surface area contributed by atoms with Crippen molar-refractivity contribution in [3.8, 4) is 16.5 Å². The molecule has 3 rings (SSSR count). The van der Waals surface area contributed by atoms with Gasteiger partial charge in [0.1, 0.15) is 5.75 Å². The van der Waals surface area contributed by atoms with Crippen LogP contribution in [0.15, 0.2) is 36.4 Å². The number of carbonyl (C=O) groups excluding carboxylic acids is 1. The number of benzene rings is 1. The molecule has 0 radical (unpaired) electrons. The maximum Gasteiger partial charge on any atom is 0.264 e. The molecule has 0 aliphatic heterocycles. The van der Waals surface area contributed by atoms with E-state index in [9.17, 15) is 4.79 Å². The van der Waals surface area contributed by atoms with Crippen LogP contribution in [0, 0.1) is 6.92 Å². The summed E-state index contributed by atoms with van der Waals surface area (Å²) in [6.45, 7) is 4.07. The van der Waals surface area contributed by atoms with Crippen molar-refractivity contribution >= 4 is 33.9 Å². The van der Waals surface area contributed by atoms with Crippen molar-refractivity contribution in [2.75, 3.05) is 11.9 Å². The lowest BCUT2D eigenvalue weighted by Crippen LogP contribution is -2.20. The summed E-state index contributed by atoms with van der Waals surface area (Å²) in [5.74, 6) is 1.07. The number of nitrogens with zero attached hydrogens (tertiary/aromatic N) is 2. The zero-order valence-electron chi connectivity index (χ0n) is 13.4. The van der Waals surface area contributed by atoms with E-state index in [1.165, 1.54) is 22.0 Å². The standard InChI is InChI=1S/C17H17N3O2S2/c1-3-12-5-7-13(8-6-12)22-10-15(21)18-17-19-16(20-24-17)14-9-4-11(2)23-14/h4-9H,3,10H2,1-2H3,(H,18,19,20,21). The normalized spacial score (nSPS) is 10.6. The average molecular weight is 359 g/mol. The van der Waals surface area contributed by atoms with Crippen LogP contribution >= 0.6 is 22.9 Å². The minimum Gasteiger partial charge on any atom is -0.484 e. The van der Waals surface area contributed by atoms with Gasteiger partial charge >= 0.3 is 0 Å². The summed E-state index contributed by atoms with van der Waals surface area (Å²) >= 11 is 2.79. The fraction of sp³-hybridized carbons (Fsp3) is 0.235. The van der Waals surface area contributed by atoms with E-state index in [4.69, 9.17) is 4.74 Å². The molecule has 0 saturated carbocycles. The minimum atomic E-state index is -0.250. The number of nitrogens with one attached hydrogen (secondary N) is 1. The molecule has 0 aliphatic carbocycles. The third-order valence-corrected chi connectivity index (χ3v) is 4.96. The summed E-state index contributed by atoms with van der Waals surface area (Å²) in [5.41, 5.74) is 1.23. The molecule has 2 heterocycles. The third kappa shape index (κ3) is 4.18. The van der Waals surface area contributed by atoms with E-state index in [1.807, 2.05) is 43.3 Å². The number of carbonyl (C=O) groups is 1. The Morgan fingerprint density at radius 1 is 1.21 bits per heavy atom. The van der Waals surface area contributed by atoms with E-state index < -0.39 is 0 Å². The van der Waals surface area contributed by atoms with E-state index in [2.05, 4.69) is 21.6 Å². The van der Waals surface area contributed by atoms with Crippen LogP contribution in [0.1, 0.15) is 17.4 Å². The Kier molecular flexibility index (Phi) is 5.22. The molecule has 0 atom stereocenters. The summed E-state index contributed by atoms with van der Waals surface area (Å²) in [4.78, 5) is 18.5. The molecule has 0 spiro atoms. The Morgan fingerprint density at radius 3 is 2.67 bits per heavy atom. The molecule has 3 aromatic rings. The smallest absolute Gasteiger partial charge is 0.264 e. The van der Waals surface area contributed by atoms with Crippen molar-refractivity contribution in [3.05, 3.63) is 46.8 Å². The SMILES string of the molecule is CCc1ccc(OCC(=O)Nc2nc(-c3ccc(C)s3)ns2)cc1. The highest BCUT2D eigenvalue weighted by atomic mass is 32.1. The fourth-order valence-electron chi connectivity index (χ4n) is 2.05. The second-order valence-electron chi connectivity index (χ2n) is 5.17. The maximum absolute atomic E-state index is 12.0. The van der Waals surface area contributed by atoms with Crippen molar-refractivity contribution in [3.63, 3.8) is 0 Å². The molecule has 1 amide bonds. The van der Waals surface area contributed by atoms with Gasteiger partial charge in [-0.25, -0.2) is 0 Å². The van der Waals surface area contributed by atoms with E-state index >= 15 is 0 Å². The molecule has 24 heavy (non-hydrogen) atoms. The summed E-state index contributed by atoms with van der Waals surface area (Å²) in [5, 5.41) is 3.20. The first-order chi connectivity index (χ1) is 11.6. The Hall–Kier alpha value is -2.25. The molecule has 0 fully saturated rings. The molecule has 0 unspecified atom stereocenters. The summed E-state index contributed by atoms with van der Waals surface area (Å²) in [6, 6.07) is 11.7. The fourth-order valence-corrected chi connectivity index (χ4v) is 3.51. The quantitative estimate of drug-likeness (QED) is 0.718. The molecular weight excluding hydrogens is 342 g/mol. The summed E-state index contributed by atoms with van der Waals surface area (Å²) < 4.78 is 9.76. The highest BCUT2D eigenvalue weighted by molar-refractivity contribution is 7.15. The molecule has 5 nitrogen and oxygen atoms in total. The van der Waals surface area contributed by atoms with Crippen molar-refractivity contribution < 1.29 is 9.53 Å². The maximum atomic E-state index is 12.0. The van der Waals surface area contributed by atoms with Crippen LogP contribution < -0.4 is 10.1 Å². The van der Waals surface area contributed by atoms with Crippen LogP contribution in [0.5, 0.6) is 5.75 Å². The number of rotatable bonds is 6. The molecule has 2 aromatic heterocycles. The molecular formula is C17H17N3O2S2. The monoisotopic (exact) mass is 359 g/mol. The van der Waals surface area contributed by atoms with Crippen LogP contribution in [-0.4, -0.2) is 21.9 Å². The Bertz CT molecular complexity index is 824. The lowest BCUT2D eigenvalue weighted by molar-refractivity contribution is -0.118. The summed E-state index contributed by atoms with van der Waals surface area (Å²) in [7, 11) is 0. The number of aryl methyl sites for hydroxylation is 2. The number of thiophene rings is 1. The number of aromatic nitrogens is 2. The highest BCUT2D eigenvalue weighted by Gasteiger charge is 2.11. The van der Waals surface area contributed by atoms with Crippen LogP contribution in [-0.2, 0) is 11.2 Å². The lowest BCUT2D eigenvalue weighted by Gasteiger charge is -2.06. The Balaban J connectivity index is 1.54. The zero-order valence-corrected chi connectivity index (χ0v) is 15.0. The van der Waals surface area contributed by atoms with Crippen LogP contribution in [0.3, 0.4) is 0 Å². The number of hydrogen-bond donors (Lipinski definition) is 1. The zero-order chi connectivity index (χ0) is 16.9. The topological polar surface area (TPSA) is 64.1 Å². The minimum absolute atomic E-state index is 0.0570. The van der Waals surface area contributed by atoms with Gasteiger partial charge in [0.05, 0.1) is 4.88 Å². The van der Waals surface area contributed by atoms with Gasteiger partial charge in [-0.3, -0.25) is 10.1 Å². The number of anilines is 1. The van der Waals surface area contributed by atoms with Crippen LogP contribution in [0.2, 0.25) is 0 Å². The molecule has 7 heteroatoms. The van der Waals surface area contributed by atoms with Gasteiger partial charge in [-0.2, -0.15) is 9.36 Å². The van der Waals surface area contributed by atoms with Gasteiger partial charge < -0.3 is 4.74 Å². The van der Waals surface area contributed by atoms with E-state index in [-0.39, 0.29) is 12.5 Å². The van der Waals surface area contributed by atoms with Gasteiger partial charge in [0.2, 0.25) is 5.13 Å². The molecule has 124 valence electrons. The van der Waals surface area contributed by atoms with Gasteiger partial charge in [-0.15, -0.1) is 11.3 Å². The largest absolute Gasteiger partial charge is 0.484 e. The van der Waals surface area contributed by atoms with Gasteiger partial charge in [0.15, 0.2) is 12.4 Å². The second-order valence-corrected chi connectivity index (χ2v) is 7.21. The molecule has 0 bridgehead atoms. The number of hydrogen-bond acceptors (Lipinski definition) is 6. The average Bonchev–Trinajstić information content (AvgIpc) is 3.22. The van der Waals surface area contributed by atoms with Crippen molar-refractivity contribution in [1.82, 2.24) is 9.36 Å². The molecule has 1 aromatic carbocycles. The Labute approximate surface area is 148 Å². The lowest BCUT2D eigenvalue weighted by atomic mass is 10.2. The van der Waals surface area contributed by atoms with E-state index in [0.717, 1.165) is 11.3 Å². The third-order valence-electron chi connectivity index (χ3n) is 3.33. The van der Waals surface area contributed by atoms with E-state index in [1.54, 1.807) is 11.3 Å². The second kappa shape index (κ2) is 7.55. The van der Waals surface area contributed by atoms with Crippen LogP contribution in [0.25, 0.3) is 10.7 Å². The van der Waals surface area contributed by atoms with Gasteiger partial charge in [-0.1, -0.05) is 19.1 Å². The van der Waals surface area contributed by atoms with Gasteiger partial charge in [0.25, 0.3) is 5.91 Å². The first-order valence-electron chi connectivity index (χ1n) is 7.56. The first-order valence-corrected chi connectivity index (χ1v) is 9.15. The van der Waals surface area contributed by atoms with Crippen molar-refractivity contribution in [2.24, 2.45) is 0 Å². The molecule has 1 N–H and O–H groups in total. The number of ether oxygens (including phenoxy) is 1. The van der Waals surface area contributed by atoms with Gasteiger partial charge in [0, 0.05) is 16.4 Å². The molecule has 0 saturated heterocycles. The number of amides is 1. The predicted molar refractivity (Wildman–Crippen MR) is 97.9 cm³/mol. The van der Waals surface area contributed by atoms with Crippen LogP contribution in [0.4, 0.5) is 5.13 Å². The predicted octanol–water partition coefficient (Wildman–Crippen LogP) is 4.15. The van der Waals surface area contributed by atoms with Crippen molar-refractivity contribution in [1.29, 1.82) is 0 Å². The van der Waals surface area contributed by atoms with E-state index in [0.29, 0.717) is 16.7 Å². The Morgan fingerprint density at radius 2 is 2.00 bits per heavy atom. The van der Waals surface area contributed by atoms with Gasteiger partial charge in [-0.05, 0) is 43.2 Å². The highest BCUT2D eigenvalue weighted by Crippen LogP contribution is 2.27. The van der Waals surface area contributed by atoms with Crippen molar-refractivity contribution in [2.45, 2.75) is 20.3 Å². The molecule has 0 aliphatic rings. The first kappa shape index (κ1) is 16.6. The summed E-state index contributed by atoms with van der Waals surface area (Å²) in [6.07, 6.45) is 0.976.